The van der Waals surface area contributed by atoms with Gasteiger partial charge < -0.3 is 0 Å². The summed E-state index contributed by atoms with van der Waals surface area (Å²) in [5.74, 6) is -0.576. The first-order valence-electron chi connectivity index (χ1n) is 1.48. The molecule has 0 aliphatic heterocycles. The molecule has 3 nitrogen and oxygen atoms in total. The van der Waals surface area contributed by atoms with Gasteiger partial charge in [-0.05, 0) is 0 Å². The standard InChI is InChI=1S/C2H3ClNO2P.2ClH/c3-1-2(5)4-7-6;;/h1H2,(H,4,5,6);2*1H. The highest BCUT2D eigenvalue weighted by atomic mass is 35.5. The predicted octanol–water partition coefficient (Wildman–Crippen LogP) is 1.39. The van der Waals surface area contributed by atoms with E-state index in [1.807, 2.05) is 5.09 Å². The number of halogens is 3. The van der Waals surface area contributed by atoms with Crippen LogP contribution >= 0.6 is 45.0 Å². The van der Waals surface area contributed by atoms with Crippen LogP contribution in [0.15, 0.2) is 0 Å². The molecule has 0 unspecified atom stereocenters. The van der Waals surface area contributed by atoms with Crippen molar-refractivity contribution in [1.29, 1.82) is 0 Å². The fraction of sp³-hybridized carbons (Fsp3) is 0.500. The lowest BCUT2D eigenvalue weighted by atomic mass is 10.8. The van der Waals surface area contributed by atoms with Gasteiger partial charge in [0.2, 0.25) is 5.91 Å². The van der Waals surface area contributed by atoms with Crippen LogP contribution in [0.3, 0.4) is 0 Å². The molecule has 0 rings (SSSR count). The lowest BCUT2D eigenvalue weighted by molar-refractivity contribution is -0.116. The molecular weight excluding hydrogens is 207 g/mol. The zero-order valence-electron chi connectivity index (χ0n) is 4.17. The molecule has 0 bridgehead atoms. The topological polar surface area (TPSA) is 46.2 Å². The third-order valence-corrected chi connectivity index (χ3v) is 0.875. The summed E-state index contributed by atoms with van der Waals surface area (Å²) in [6, 6.07) is 0. The Hall–Kier alpha value is 0.440. The zero-order valence-corrected chi connectivity index (χ0v) is 7.45. The number of carbonyl (C=O) groups excluding carboxylic acids is 1. The van der Waals surface area contributed by atoms with Gasteiger partial charge >= 0.3 is 0 Å². The van der Waals surface area contributed by atoms with Crippen molar-refractivity contribution in [3.05, 3.63) is 0 Å². The number of nitrogens with one attached hydrogen (secondary N) is 1. The molecule has 1 amide bonds. The van der Waals surface area contributed by atoms with Crippen LogP contribution in [0.5, 0.6) is 0 Å². The normalized spacial score (nSPS) is 6.78. The molecule has 0 aromatic rings. The van der Waals surface area contributed by atoms with Crippen molar-refractivity contribution in [3.8, 4) is 0 Å². The van der Waals surface area contributed by atoms with Crippen molar-refractivity contribution in [2.45, 2.75) is 0 Å². The highest BCUT2D eigenvalue weighted by molar-refractivity contribution is 7.22. The van der Waals surface area contributed by atoms with Gasteiger partial charge in [0.15, 0.2) is 0 Å². The van der Waals surface area contributed by atoms with E-state index in [1.165, 1.54) is 0 Å². The molecule has 0 radical (unpaired) electrons. The van der Waals surface area contributed by atoms with Gasteiger partial charge in [0.25, 0.3) is 8.61 Å². The molecule has 0 saturated carbocycles. The molecule has 9 heavy (non-hydrogen) atoms. The van der Waals surface area contributed by atoms with E-state index in [2.05, 4.69) is 0 Å². The smallest absolute Gasteiger partial charge is 0.274 e. The van der Waals surface area contributed by atoms with Crippen LogP contribution in [-0.4, -0.2) is 11.8 Å². The molecule has 0 heterocycles. The summed E-state index contributed by atoms with van der Waals surface area (Å²) in [6.45, 7) is 0. The molecule has 0 atom stereocenters. The maximum absolute atomic E-state index is 9.96. The van der Waals surface area contributed by atoms with Crippen LogP contribution < -0.4 is 5.09 Å². The SMILES string of the molecule is Cl.Cl.O=PNC(=O)CCl. The molecule has 0 aliphatic rings. The van der Waals surface area contributed by atoms with E-state index in [0.29, 0.717) is 0 Å². The first-order valence-corrected chi connectivity index (χ1v) is 2.83. The highest BCUT2D eigenvalue weighted by Crippen LogP contribution is 1.81. The summed E-state index contributed by atoms with van der Waals surface area (Å²) < 4.78 is 9.48. The third kappa shape index (κ3) is 11.8. The van der Waals surface area contributed by atoms with E-state index < -0.39 is 14.5 Å². The van der Waals surface area contributed by atoms with Gasteiger partial charge in [-0.2, -0.15) is 0 Å². The lowest BCUT2D eigenvalue weighted by Gasteiger charge is -1.83. The Kier molecular flexibility index (Phi) is 20.3. The molecule has 0 aliphatic carbocycles. The van der Waals surface area contributed by atoms with Crippen molar-refractivity contribution in [2.75, 3.05) is 5.88 Å². The number of alkyl halides is 1. The van der Waals surface area contributed by atoms with E-state index >= 15 is 0 Å². The van der Waals surface area contributed by atoms with Crippen LogP contribution in [0, 0.1) is 0 Å². The van der Waals surface area contributed by atoms with Crippen molar-refractivity contribution in [1.82, 2.24) is 5.09 Å². The van der Waals surface area contributed by atoms with Gasteiger partial charge in [-0.1, -0.05) is 0 Å². The van der Waals surface area contributed by atoms with Crippen LogP contribution in [0.25, 0.3) is 0 Å². The van der Waals surface area contributed by atoms with Gasteiger partial charge in [0.05, 0.1) is 0 Å². The minimum Gasteiger partial charge on any atom is -0.274 e. The van der Waals surface area contributed by atoms with Crippen LogP contribution in [0.1, 0.15) is 0 Å². The average molecular weight is 212 g/mol. The highest BCUT2D eigenvalue weighted by Gasteiger charge is 1.91. The zero-order chi connectivity index (χ0) is 5.70. The Balaban J connectivity index is -0.000000180. The molecule has 0 spiro atoms. The Bertz CT molecular complexity index is 89.9. The van der Waals surface area contributed by atoms with E-state index in [1.54, 1.807) is 0 Å². The van der Waals surface area contributed by atoms with E-state index in [4.69, 9.17) is 11.6 Å². The Morgan fingerprint density at radius 2 is 2.00 bits per heavy atom. The fourth-order valence-corrected chi connectivity index (χ4v) is 0.422. The van der Waals surface area contributed by atoms with E-state index in [9.17, 15) is 9.36 Å². The van der Waals surface area contributed by atoms with Gasteiger partial charge in [-0.3, -0.25) is 9.88 Å². The van der Waals surface area contributed by atoms with Gasteiger partial charge in [-0.15, -0.1) is 36.4 Å². The minimum absolute atomic E-state index is 0. The summed E-state index contributed by atoms with van der Waals surface area (Å²) in [4.78, 5) is 9.96. The fourth-order valence-electron chi connectivity index (χ4n) is 0.0808. The summed E-state index contributed by atoms with van der Waals surface area (Å²) in [7, 11) is -0.394. The second-order valence-corrected chi connectivity index (χ2v) is 1.43. The number of rotatable bonds is 2. The summed E-state index contributed by atoms with van der Waals surface area (Å²) in [6.07, 6.45) is 0. The largest absolute Gasteiger partial charge is 0.281 e. The van der Waals surface area contributed by atoms with Crippen LogP contribution in [0.2, 0.25) is 0 Å². The Labute approximate surface area is 71.6 Å². The van der Waals surface area contributed by atoms with Gasteiger partial charge in [-0.25, -0.2) is 4.57 Å². The van der Waals surface area contributed by atoms with Gasteiger partial charge in [0, 0.05) is 0 Å². The molecule has 1 N–H and O–H groups in total. The summed E-state index contributed by atoms with van der Waals surface area (Å²) in [5, 5.41) is 1.94. The quantitative estimate of drug-likeness (QED) is 0.555. The molecule has 0 fully saturated rings. The third-order valence-electron chi connectivity index (χ3n) is 0.292. The van der Waals surface area contributed by atoms with E-state index in [-0.39, 0.29) is 30.7 Å². The van der Waals surface area contributed by atoms with Crippen LogP contribution in [0.4, 0.5) is 0 Å². The molecule has 7 heteroatoms. The molecule has 0 aromatic heterocycles. The number of carbonyl (C=O) groups is 1. The Morgan fingerprint density at radius 1 is 1.56 bits per heavy atom. The van der Waals surface area contributed by atoms with Crippen molar-refractivity contribution in [3.63, 3.8) is 0 Å². The van der Waals surface area contributed by atoms with Crippen molar-refractivity contribution in [2.24, 2.45) is 0 Å². The Morgan fingerprint density at radius 3 is 2.11 bits per heavy atom. The predicted molar refractivity (Wildman–Crippen MR) is 41.0 cm³/mol. The maximum Gasteiger partial charge on any atom is 0.281 e. The molecule has 0 saturated heterocycles. The number of amides is 1. The second-order valence-electron chi connectivity index (χ2n) is 0.760. The molecular formula is C2H5Cl3NO2P. The van der Waals surface area contributed by atoms with Gasteiger partial charge in [0.1, 0.15) is 5.88 Å². The monoisotopic (exact) mass is 211 g/mol. The minimum atomic E-state index is -0.432. The van der Waals surface area contributed by atoms with Crippen LogP contribution in [-0.2, 0) is 9.36 Å². The summed E-state index contributed by atoms with van der Waals surface area (Å²) in [5.41, 5.74) is 0. The lowest BCUT2D eigenvalue weighted by Crippen LogP contribution is -2.12. The first kappa shape index (κ1) is 16.2. The number of hydrogen-bond acceptors (Lipinski definition) is 2. The maximum atomic E-state index is 9.96. The first-order chi connectivity index (χ1) is 3.31. The number of hydrogen-bond donors (Lipinski definition) is 1. The van der Waals surface area contributed by atoms with Crippen molar-refractivity contribution < 1.29 is 9.36 Å². The molecule has 0 aromatic carbocycles. The second kappa shape index (κ2) is 11.3. The average Bonchev–Trinajstić information content (AvgIpc) is 1.68. The molecule has 56 valence electrons. The summed E-state index contributed by atoms with van der Waals surface area (Å²) >= 11 is 4.98. The van der Waals surface area contributed by atoms with E-state index in [0.717, 1.165) is 0 Å². The van der Waals surface area contributed by atoms with Crippen molar-refractivity contribution >= 4 is 50.9 Å².